The molecule has 0 aliphatic heterocycles. The molecule has 0 N–H and O–H groups in total. The van der Waals surface area contributed by atoms with Gasteiger partial charge in [0, 0.05) is 17.4 Å². The number of esters is 1. The first-order valence-corrected chi connectivity index (χ1v) is 7.84. The first-order chi connectivity index (χ1) is 9.62. The van der Waals surface area contributed by atoms with Crippen molar-refractivity contribution in [2.24, 2.45) is 0 Å². The summed E-state index contributed by atoms with van der Waals surface area (Å²) in [6.45, 7) is 4.59. The number of rotatable bonds is 7. The molecule has 0 aromatic heterocycles. The molecule has 4 nitrogen and oxygen atoms in total. The van der Waals surface area contributed by atoms with Crippen LogP contribution in [0.1, 0.15) is 36.2 Å². The molecule has 1 rings (SSSR count). The quantitative estimate of drug-likeness (QED) is 0.565. The fourth-order valence-electron chi connectivity index (χ4n) is 1.80. The van der Waals surface area contributed by atoms with Crippen molar-refractivity contribution in [3.05, 3.63) is 35.4 Å². The van der Waals surface area contributed by atoms with Gasteiger partial charge in [0.15, 0.2) is 0 Å². The number of amides is 1. The highest BCUT2D eigenvalue weighted by Crippen LogP contribution is 2.11. The van der Waals surface area contributed by atoms with Crippen LogP contribution in [0.3, 0.4) is 0 Å². The van der Waals surface area contributed by atoms with Crippen molar-refractivity contribution in [3.63, 3.8) is 0 Å². The molecule has 0 saturated carbocycles. The van der Waals surface area contributed by atoms with E-state index in [-0.39, 0.29) is 18.4 Å². The Kier molecular flexibility index (Phi) is 7.30. The van der Waals surface area contributed by atoms with E-state index in [2.05, 4.69) is 15.9 Å². The summed E-state index contributed by atoms with van der Waals surface area (Å²) >= 11 is 3.37. The van der Waals surface area contributed by atoms with Gasteiger partial charge in [-0.15, -0.1) is 0 Å². The zero-order valence-electron chi connectivity index (χ0n) is 11.9. The largest absolute Gasteiger partial charge is 0.465 e. The highest BCUT2D eigenvalue weighted by Gasteiger charge is 2.18. The molecule has 0 bridgehead atoms. The number of nitrogens with zero attached hydrogens (tertiary/aromatic N) is 1. The Labute approximate surface area is 128 Å². The van der Waals surface area contributed by atoms with E-state index >= 15 is 0 Å². The van der Waals surface area contributed by atoms with Gasteiger partial charge in [-0.05, 0) is 31.0 Å². The van der Waals surface area contributed by atoms with E-state index in [1.54, 1.807) is 19.1 Å². The lowest BCUT2D eigenvalue weighted by Gasteiger charge is -2.21. The van der Waals surface area contributed by atoms with Crippen LogP contribution in [0.2, 0.25) is 0 Å². The summed E-state index contributed by atoms with van der Waals surface area (Å²) in [6, 6.07) is 7.37. The third kappa shape index (κ3) is 4.96. The van der Waals surface area contributed by atoms with Gasteiger partial charge in [0.25, 0.3) is 5.91 Å². The minimum atomic E-state index is -0.369. The number of carbonyl (C=O) groups is 2. The molecular formula is C15H20BrNO3. The predicted molar refractivity (Wildman–Crippen MR) is 81.9 cm³/mol. The van der Waals surface area contributed by atoms with Crippen LogP contribution in [0.25, 0.3) is 0 Å². The number of ether oxygens (including phenoxy) is 1. The predicted octanol–water partition coefficient (Wildman–Crippen LogP) is 3.00. The molecule has 0 fully saturated rings. The second-order valence-corrected chi connectivity index (χ2v) is 4.92. The lowest BCUT2D eigenvalue weighted by Crippen LogP contribution is -2.37. The van der Waals surface area contributed by atoms with E-state index in [1.807, 2.05) is 19.1 Å². The Hall–Kier alpha value is -1.36. The standard InChI is InChI=1S/C15H20BrNO3/c1-3-9-17(11-14(18)20-4-2)15(19)13-7-5-12(10-16)6-8-13/h5-8H,3-4,9-11H2,1-2H3. The summed E-state index contributed by atoms with van der Waals surface area (Å²) in [5.74, 6) is -0.507. The number of alkyl halides is 1. The minimum absolute atomic E-state index is 0.000704. The SMILES string of the molecule is CCCN(CC(=O)OCC)C(=O)c1ccc(CBr)cc1. The molecular weight excluding hydrogens is 322 g/mol. The fourth-order valence-corrected chi connectivity index (χ4v) is 2.18. The molecule has 1 amide bonds. The normalized spacial score (nSPS) is 10.2. The summed E-state index contributed by atoms with van der Waals surface area (Å²) in [4.78, 5) is 25.5. The average Bonchev–Trinajstić information content (AvgIpc) is 2.46. The summed E-state index contributed by atoms with van der Waals surface area (Å²) in [5, 5.41) is 0.753. The van der Waals surface area contributed by atoms with Gasteiger partial charge in [0.2, 0.25) is 0 Å². The maximum atomic E-state index is 12.4. The van der Waals surface area contributed by atoms with Gasteiger partial charge in [-0.3, -0.25) is 9.59 Å². The van der Waals surface area contributed by atoms with Gasteiger partial charge in [-0.2, -0.15) is 0 Å². The first kappa shape index (κ1) is 16.7. The molecule has 1 aromatic carbocycles. The van der Waals surface area contributed by atoms with Crippen molar-refractivity contribution in [3.8, 4) is 0 Å². The second kappa shape index (κ2) is 8.74. The van der Waals surface area contributed by atoms with Gasteiger partial charge >= 0.3 is 5.97 Å². The average molecular weight is 342 g/mol. The molecule has 0 aliphatic carbocycles. The smallest absolute Gasteiger partial charge is 0.325 e. The minimum Gasteiger partial charge on any atom is -0.465 e. The molecule has 110 valence electrons. The topological polar surface area (TPSA) is 46.6 Å². The molecule has 0 spiro atoms. The summed E-state index contributed by atoms with van der Waals surface area (Å²) in [6.07, 6.45) is 0.796. The number of hydrogen-bond acceptors (Lipinski definition) is 3. The van der Waals surface area contributed by atoms with Crippen LogP contribution in [-0.2, 0) is 14.9 Å². The number of carbonyl (C=O) groups excluding carboxylic acids is 2. The van der Waals surface area contributed by atoms with Crippen molar-refractivity contribution >= 4 is 27.8 Å². The molecule has 0 heterocycles. The summed E-state index contributed by atoms with van der Waals surface area (Å²) in [7, 11) is 0. The Bertz CT molecular complexity index is 445. The first-order valence-electron chi connectivity index (χ1n) is 6.72. The number of benzene rings is 1. The van der Waals surface area contributed by atoms with Crippen molar-refractivity contribution in [1.82, 2.24) is 4.90 Å². The van der Waals surface area contributed by atoms with E-state index < -0.39 is 0 Å². The number of hydrogen-bond donors (Lipinski definition) is 0. The molecule has 0 saturated heterocycles. The third-order valence-corrected chi connectivity index (χ3v) is 3.41. The third-order valence-electron chi connectivity index (χ3n) is 2.76. The maximum absolute atomic E-state index is 12.4. The van der Waals surface area contributed by atoms with Gasteiger partial charge in [-0.1, -0.05) is 35.0 Å². The molecule has 0 aliphatic rings. The Balaban J connectivity index is 2.78. The Morgan fingerprint density at radius 1 is 1.20 bits per heavy atom. The monoisotopic (exact) mass is 341 g/mol. The van der Waals surface area contributed by atoms with Crippen LogP contribution >= 0.6 is 15.9 Å². The van der Waals surface area contributed by atoms with Crippen LogP contribution in [-0.4, -0.2) is 36.5 Å². The zero-order valence-corrected chi connectivity index (χ0v) is 13.5. The summed E-state index contributed by atoms with van der Waals surface area (Å²) in [5.41, 5.74) is 1.70. The van der Waals surface area contributed by atoms with Crippen molar-refractivity contribution in [2.45, 2.75) is 25.6 Å². The summed E-state index contributed by atoms with van der Waals surface area (Å²) < 4.78 is 4.90. The van der Waals surface area contributed by atoms with E-state index in [0.29, 0.717) is 18.7 Å². The molecule has 0 radical (unpaired) electrons. The van der Waals surface area contributed by atoms with Crippen LogP contribution in [0.4, 0.5) is 0 Å². The van der Waals surface area contributed by atoms with Gasteiger partial charge in [0.1, 0.15) is 6.54 Å². The van der Waals surface area contributed by atoms with Gasteiger partial charge in [0.05, 0.1) is 6.61 Å². The van der Waals surface area contributed by atoms with E-state index in [9.17, 15) is 9.59 Å². The van der Waals surface area contributed by atoms with Crippen LogP contribution in [0, 0.1) is 0 Å². The van der Waals surface area contributed by atoms with Crippen molar-refractivity contribution in [2.75, 3.05) is 19.7 Å². The van der Waals surface area contributed by atoms with Gasteiger partial charge < -0.3 is 9.64 Å². The Morgan fingerprint density at radius 3 is 2.35 bits per heavy atom. The molecule has 0 atom stereocenters. The number of halogens is 1. The van der Waals surface area contributed by atoms with Crippen molar-refractivity contribution in [1.29, 1.82) is 0 Å². The molecule has 5 heteroatoms. The molecule has 1 aromatic rings. The molecule has 20 heavy (non-hydrogen) atoms. The van der Waals surface area contributed by atoms with Crippen LogP contribution < -0.4 is 0 Å². The van der Waals surface area contributed by atoms with Crippen LogP contribution in [0.15, 0.2) is 24.3 Å². The zero-order chi connectivity index (χ0) is 15.0. The lowest BCUT2D eigenvalue weighted by atomic mass is 10.1. The molecule has 0 unspecified atom stereocenters. The lowest BCUT2D eigenvalue weighted by molar-refractivity contribution is -0.143. The van der Waals surface area contributed by atoms with Crippen LogP contribution in [0.5, 0.6) is 0 Å². The maximum Gasteiger partial charge on any atom is 0.325 e. The van der Waals surface area contributed by atoms with Gasteiger partial charge in [-0.25, -0.2) is 0 Å². The van der Waals surface area contributed by atoms with E-state index in [1.165, 1.54) is 4.90 Å². The van der Waals surface area contributed by atoms with E-state index in [4.69, 9.17) is 4.74 Å². The van der Waals surface area contributed by atoms with E-state index in [0.717, 1.165) is 17.3 Å². The highest BCUT2D eigenvalue weighted by atomic mass is 79.9. The highest BCUT2D eigenvalue weighted by molar-refractivity contribution is 9.08. The second-order valence-electron chi connectivity index (χ2n) is 4.36. The Morgan fingerprint density at radius 2 is 1.85 bits per heavy atom. The van der Waals surface area contributed by atoms with Crippen molar-refractivity contribution < 1.29 is 14.3 Å². The fraction of sp³-hybridized carbons (Fsp3) is 0.467.